The third kappa shape index (κ3) is 3.86. The molecule has 5 heteroatoms. The van der Waals surface area contributed by atoms with Crippen molar-refractivity contribution >= 4 is 5.91 Å². The van der Waals surface area contributed by atoms with E-state index in [2.05, 4.69) is 12.2 Å². The van der Waals surface area contributed by atoms with Crippen molar-refractivity contribution in [3.63, 3.8) is 0 Å². The average molecular weight is 388 g/mol. The van der Waals surface area contributed by atoms with Crippen molar-refractivity contribution in [2.45, 2.75) is 70.4 Å². The molecule has 1 amide bonds. The van der Waals surface area contributed by atoms with Crippen LogP contribution in [-0.2, 0) is 11.3 Å². The van der Waals surface area contributed by atoms with Crippen LogP contribution in [0.2, 0.25) is 0 Å². The molecule has 4 saturated carbocycles. The minimum atomic E-state index is -0.516. The zero-order valence-corrected chi connectivity index (χ0v) is 17.1. The molecule has 0 saturated heterocycles. The average Bonchev–Trinajstić information content (AvgIpc) is 2.62. The molecule has 1 aromatic rings. The number of nitrogens with one attached hydrogen (secondary N) is 1. The molecule has 0 spiro atoms. The number of aliphatic hydroxyl groups is 1. The molecule has 4 bridgehead atoms. The minimum absolute atomic E-state index is 0.00116. The number of benzene rings is 1. The van der Waals surface area contributed by atoms with Crippen LogP contribution in [0.4, 0.5) is 0 Å². The smallest absolute Gasteiger partial charge is 0.220 e. The fraction of sp³-hybridized carbons (Fsp3) is 0.696. The van der Waals surface area contributed by atoms with Crippen LogP contribution in [0, 0.1) is 17.3 Å². The van der Waals surface area contributed by atoms with Gasteiger partial charge in [-0.3, -0.25) is 4.79 Å². The molecular weight excluding hydrogens is 354 g/mol. The maximum atomic E-state index is 12.8. The second kappa shape index (κ2) is 7.58. The number of hydrogen-bond donors (Lipinski definition) is 2. The van der Waals surface area contributed by atoms with Crippen LogP contribution in [0.15, 0.2) is 18.2 Å². The number of para-hydroxylation sites is 1. The lowest BCUT2D eigenvalue weighted by atomic mass is 9.47. The van der Waals surface area contributed by atoms with E-state index in [1.807, 2.05) is 18.2 Å². The number of amides is 1. The van der Waals surface area contributed by atoms with Crippen molar-refractivity contribution in [3.8, 4) is 11.5 Å². The lowest BCUT2D eigenvalue weighted by Gasteiger charge is -2.60. The molecule has 1 aromatic carbocycles. The molecule has 28 heavy (non-hydrogen) atoms. The summed E-state index contributed by atoms with van der Waals surface area (Å²) in [4.78, 5) is 12.8. The van der Waals surface area contributed by atoms with Crippen LogP contribution >= 0.6 is 0 Å². The van der Waals surface area contributed by atoms with Gasteiger partial charge in [-0.1, -0.05) is 19.1 Å². The quantitative estimate of drug-likeness (QED) is 0.712. The summed E-state index contributed by atoms with van der Waals surface area (Å²) >= 11 is 0. The van der Waals surface area contributed by atoms with Crippen LogP contribution in [0.5, 0.6) is 11.5 Å². The number of carbonyl (C=O) groups is 1. The summed E-state index contributed by atoms with van der Waals surface area (Å²) in [6.07, 6.45) is 7.56. The van der Waals surface area contributed by atoms with Crippen molar-refractivity contribution in [2.75, 3.05) is 13.7 Å². The number of ether oxygens (including phenoxy) is 2. The first kappa shape index (κ1) is 19.6. The molecule has 0 radical (unpaired) electrons. The molecule has 4 aliphatic carbocycles. The van der Waals surface area contributed by atoms with Crippen LogP contribution in [0.25, 0.3) is 0 Å². The van der Waals surface area contributed by atoms with Crippen molar-refractivity contribution in [1.82, 2.24) is 5.32 Å². The Morgan fingerprint density at radius 2 is 2.00 bits per heavy atom. The fourth-order valence-corrected chi connectivity index (χ4v) is 6.43. The summed E-state index contributed by atoms with van der Waals surface area (Å²) in [5.41, 5.74) is 0.419. The number of carbonyl (C=O) groups excluding carboxylic acids is 1. The summed E-state index contributed by atoms with van der Waals surface area (Å²) in [5.74, 6) is 2.70. The Hall–Kier alpha value is -1.75. The highest BCUT2D eigenvalue weighted by molar-refractivity contribution is 5.77. The van der Waals surface area contributed by atoms with Crippen LogP contribution in [-0.4, -0.2) is 30.3 Å². The van der Waals surface area contributed by atoms with Gasteiger partial charge in [-0.2, -0.15) is 0 Å². The highest BCUT2D eigenvalue weighted by Crippen LogP contribution is 2.62. The molecule has 154 valence electrons. The first-order valence-corrected chi connectivity index (χ1v) is 10.7. The molecule has 0 heterocycles. The lowest BCUT2D eigenvalue weighted by molar-refractivity contribution is -0.169. The molecule has 0 aliphatic heterocycles. The third-order valence-corrected chi connectivity index (χ3v) is 6.89. The fourth-order valence-electron chi connectivity index (χ4n) is 6.43. The lowest BCUT2D eigenvalue weighted by Crippen LogP contribution is -2.56. The Bertz CT molecular complexity index is 717. The van der Waals surface area contributed by atoms with Crippen molar-refractivity contribution < 1.29 is 19.4 Å². The Kier molecular flexibility index (Phi) is 5.30. The van der Waals surface area contributed by atoms with E-state index >= 15 is 0 Å². The number of rotatable bonds is 8. The second-order valence-corrected chi connectivity index (χ2v) is 9.44. The molecular formula is C23H33NO4. The number of hydrogen-bond acceptors (Lipinski definition) is 4. The van der Waals surface area contributed by atoms with E-state index in [0.29, 0.717) is 37.2 Å². The predicted octanol–water partition coefficient (Wildman–Crippen LogP) is 3.82. The summed E-state index contributed by atoms with van der Waals surface area (Å²) in [6, 6.07) is 5.78. The van der Waals surface area contributed by atoms with Gasteiger partial charge in [0.05, 0.1) is 19.3 Å². The third-order valence-electron chi connectivity index (χ3n) is 6.89. The van der Waals surface area contributed by atoms with Gasteiger partial charge in [0.25, 0.3) is 0 Å². The van der Waals surface area contributed by atoms with Gasteiger partial charge in [-0.15, -0.1) is 0 Å². The topological polar surface area (TPSA) is 67.8 Å². The van der Waals surface area contributed by atoms with Gasteiger partial charge in [0, 0.05) is 18.5 Å². The van der Waals surface area contributed by atoms with Crippen LogP contribution < -0.4 is 14.8 Å². The van der Waals surface area contributed by atoms with Gasteiger partial charge < -0.3 is 19.9 Å². The summed E-state index contributed by atoms with van der Waals surface area (Å²) in [7, 11) is 1.63. The highest BCUT2D eigenvalue weighted by atomic mass is 16.5. The van der Waals surface area contributed by atoms with Crippen molar-refractivity contribution in [2.24, 2.45) is 17.3 Å². The summed E-state index contributed by atoms with van der Waals surface area (Å²) in [5, 5.41) is 14.0. The normalized spacial score (nSPS) is 33.0. The minimum Gasteiger partial charge on any atom is -0.493 e. The van der Waals surface area contributed by atoms with Gasteiger partial charge in [0.1, 0.15) is 0 Å². The molecule has 4 atom stereocenters. The number of methoxy groups -OCH3 is 1. The van der Waals surface area contributed by atoms with Crippen LogP contribution in [0.3, 0.4) is 0 Å². The molecule has 2 unspecified atom stereocenters. The molecule has 2 N–H and O–H groups in total. The van der Waals surface area contributed by atoms with Gasteiger partial charge >= 0.3 is 0 Å². The standard InChI is InChI=1S/C23H33NO4/c1-3-7-28-21-18(5-4-6-19(21)27-2)14-24-20(25)13-22-9-16-8-17(10-22)12-23(26,11-16)15-22/h4-6,16-17,26H,3,7-15H2,1-2H3,(H,24,25)/t16-,17+,22?,23?. The molecule has 5 rings (SSSR count). The second-order valence-electron chi connectivity index (χ2n) is 9.44. The maximum absolute atomic E-state index is 12.8. The van der Waals surface area contributed by atoms with Crippen molar-refractivity contribution in [3.05, 3.63) is 23.8 Å². The first-order valence-electron chi connectivity index (χ1n) is 10.7. The van der Waals surface area contributed by atoms with E-state index in [-0.39, 0.29) is 11.3 Å². The van der Waals surface area contributed by atoms with E-state index in [4.69, 9.17) is 9.47 Å². The Morgan fingerprint density at radius 3 is 2.64 bits per heavy atom. The SMILES string of the molecule is CCCOc1c(CNC(=O)CC23C[C@@H]4C[C@@H](CC(O)(C4)C2)C3)cccc1OC. The van der Waals surface area contributed by atoms with E-state index in [0.717, 1.165) is 49.8 Å². The van der Waals surface area contributed by atoms with Gasteiger partial charge in [0.15, 0.2) is 11.5 Å². The van der Waals surface area contributed by atoms with Gasteiger partial charge in [0.2, 0.25) is 5.91 Å². The first-order chi connectivity index (χ1) is 13.4. The van der Waals surface area contributed by atoms with Gasteiger partial charge in [-0.25, -0.2) is 0 Å². The maximum Gasteiger partial charge on any atom is 0.220 e. The summed E-state index contributed by atoms with van der Waals surface area (Å²) in [6.45, 7) is 3.12. The van der Waals surface area contributed by atoms with E-state index < -0.39 is 5.60 Å². The van der Waals surface area contributed by atoms with Crippen molar-refractivity contribution in [1.29, 1.82) is 0 Å². The Balaban J connectivity index is 1.40. The molecule has 4 fully saturated rings. The molecule has 0 aromatic heterocycles. The summed E-state index contributed by atoms with van der Waals surface area (Å²) < 4.78 is 11.3. The van der Waals surface area contributed by atoms with Gasteiger partial charge in [-0.05, 0) is 68.3 Å². The molecule has 4 aliphatic rings. The van der Waals surface area contributed by atoms with E-state index in [1.165, 1.54) is 6.42 Å². The molecule has 5 nitrogen and oxygen atoms in total. The van der Waals surface area contributed by atoms with Crippen LogP contribution in [0.1, 0.15) is 63.9 Å². The zero-order chi connectivity index (χ0) is 19.8. The zero-order valence-electron chi connectivity index (χ0n) is 17.1. The van der Waals surface area contributed by atoms with E-state index in [9.17, 15) is 9.90 Å². The largest absolute Gasteiger partial charge is 0.493 e. The Morgan fingerprint density at radius 1 is 1.25 bits per heavy atom. The van der Waals surface area contributed by atoms with E-state index in [1.54, 1.807) is 7.11 Å². The Labute approximate surface area is 167 Å². The predicted molar refractivity (Wildman–Crippen MR) is 107 cm³/mol. The monoisotopic (exact) mass is 387 g/mol. The highest BCUT2D eigenvalue weighted by Gasteiger charge is 2.57.